The van der Waals surface area contributed by atoms with Crippen molar-refractivity contribution < 1.29 is 14.0 Å². The Bertz CT molecular complexity index is 756. The molecule has 6 heteroatoms. The van der Waals surface area contributed by atoms with Gasteiger partial charge in [-0.1, -0.05) is 6.92 Å². The minimum atomic E-state index is -0.270. The van der Waals surface area contributed by atoms with E-state index in [9.17, 15) is 14.0 Å². The molecular weight excluding hydrogens is 309 g/mol. The summed E-state index contributed by atoms with van der Waals surface area (Å²) in [5.74, 6) is -0.558. The highest BCUT2D eigenvalue weighted by atomic mass is 19.1. The van der Waals surface area contributed by atoms with Crippen LogP contribution in [-0.2, 0) is 16.0 Å². The number of nitrogens with zero attached hydrogens (tertiary/aromatic N) is 1. The summed E-state index contributed by atoms with van der Waals surface area (Å²) in [6.45, 7) is 3.64. The Morgan fingerprint density at radius 3 is 3.08 bits per heavy atom. The van der Waals surface area contributed by atoms with E-state index in [1.165, 1.54) is 12.1 Å². The molecule has 1 saturated heterocycles. The van der Waals surface area contributed by atoms with E-state index < -0.39 is 0 Å². The maximum absolute atomic E-state index is 13.4. The van der Waals surface area contributed by atoms with E-state index in [-0.39, 0.29) is 30.0 Å². The summed E-state index contributed by atoms with van der Waals surface area (Å²) in [5, 5.41) is 3.70. The van der Waals surface area contributed by atoms with Gasteiger partial charge in [0.15, 0.2) is 0 Å². The molecule has 2 amide bonds. The van der Waals surface area contributed by atoms with Crippen LogP contribution in [0.4, 0.5) is 4.39 Å². The first-order valence-corrected chi connectivity index (χ1v) is 8.39. The van der Waals surface area contributed by atoms with Crippen molar-refractivity contribution in [2.45, 2.75) is 26.2 Å². The Morgan fingerprint density at radius 1 is 1.46 bits per heavy atom. The zero-order chi connectivity index (χ0) is 17.1. The van der Waals surface area contributed by atoms with Crippen LogP contribution in [0.3, 0.4) is 0 Å². The maximum Gasteiger partial charge on any atom is 0.225 e. The fourth-order valence-corrected chi connectivity index (χ4v) is 3.17. The zero-order valence-electron chi connectivity index (χ0n) is 13.8. The van der Waals surface area contributed by atoms with Crippen molar-refractivity contribution in [1.82, 2.24) is 15.2 Å². The molecule has 24 heavy (non-hydrogen) atoms. The number of carbonyl (C=O) groups is 2. The molecule has 1 aromatic heterocycles. The molecule has 1 aliphatic heterocycles. The molecule has 5 nitrogen and oxygen atoms in total. The average Bonchev–Trinajstić information content (AvgIpc) is 3.14. The minimum Gasteiger partial charge on any atom is -0.361 e. The highest BCUT2D eigenvalue weighted by molar-refractivity contribution is 5.89. The van der Waals surface area contributed by atoms with Gasteiger partial charge < -0.3 is 15.2 Å². The minimum absolute atomic E-state index is 0.0117. The summed E-state index contributed by atoms with van der Waals surface area (Å²) in [5.41, 5.74) is 1.87. The molecule has 2 heterocycles. The second-order valence-corrected chi connectivity index (χ2v) is 6.29. The fraction of sp³-hybridized carbons (Fsp3) is 0.444. The van der Waals surface area contributed by atoms with Gasteiger partial charge in [0.2, 0.25) is 11.8 Å². The van der Waals surface area contributed by atoms with Crippen molar-refractivity contribution in [2.24, 2.45) is 5.92 Å². The Balaban J connectivity index is 1.61. The molecule has 0 saturated carbocycles. The first-order chi connectivity index (χ1) is 11.6. The van der Waals surface area contributed by atoms with Crippen LogP contribution in [0.5, 0.6) is 0 Å². The van der Waals surface area contributed by atoms with E-state index in [1.807, 2.05) is 13.1 Å². The molecule has 128 valence electrons. The predicted molar refractivity (Wildman–Crippen MR) is 89.9 cm³/mol. The lowest BCUT2D eigenvalue weighted by Gasteiger charge is -2.16. The Kier molecular flexibility index (Phi) is 4.83. The van der Waals surface area contributed by atoms with Gasteiger partial charge in [-0.15, -0.1) is 0 Å². The molecule has 0 unspecified atom stereocenters. The highest BCUT2D eigenvalue weighted by Crippen LogP contribution is 2.22. The van der Waals surface area contributed by atoms with Crippen molar-refractivity contribution in [3.8, 4) is 0 Å². The number of nitrogens with one attached hydrogen (secondary N) is 2. The summed E-state index contributed by atoms with van der Waals surface area (Å²) in [7, 11) is 0. The monoisotopic (exact) mass is 331 g/mol. The normalized spacial score (nSPS) is 17.7. The smallest absolute Gasteiger partial charge is 0.225 e. The largest absolute Gasteiger partial charge is 0.361 e. The molecule has 0 aliphatic carbocycles. The Labute approximate surface area is 140 Å². The summed E-state index contributed by atoms with van der Waals surface area (Å²) in [6.07, 6.45) is 3.65. The van der Waals surface area contributed by atoms with Crippen LogP contribution in [0.25, 0.3) is 10.9 Å². The fourth-order valence-electron chi connectivity index (χ4n) is 3.17. The average molecular weight is 331 g/mol. The van der Waals surface area contributed by atoms with Crippen LogP contribution in [0.2, 0.25) is 0 Å². The predicted octanol–water partition coefficient (Wildman–Crippen LogP) is 2.22. The van der Waals surface area contributed by atoms with E-state index in [0.29, 0.717) is 26.1 Å². The Morgan fingerprint density at radius 2 is 2.29 bits per heavy atom. The van der Waals surface area contributed by atoms with Crippen LogP contribution in [0.15, 0.2) is 24.4 Å². The van der Waals surface area contributed by atoms with E-state index in [1.54, 1.807) is 11.0 Å². The number of amides is 2. The first-order valence-electron chi connectivity index (χ1n) is 8.39. The number of likely N-dealkylation sites (tertiary alicyclic amines) is 1. The van der Waals surface area contributed by atoms with E-state index in [2.05, 4.69) is 10.3 Å². The number of hydrogen-bond donors (Lipinski definition) is 2. The van der Waals surface area contributed by atoms with Crippen molar-refractivity contribution in [1.29, 1.82) is 0 Å². The second kappa shape index (κ2) is 7.03. The van der Waals surface area contributed by atoms with Gasteiger partial charge in [-0.05, 0) is 36.6 Å². The van der Waals surface area contributed by atoms with Crippen molar-refractivity contribution >= 4 is 22.7 Å². The van der Waals surface area contributed by atoms with Gasteiger partial charge in [0, 0.05) is 43.2 Å². The van der Waals surface area contributed by atoms with Crippen molar-refractivity contribution in [2.75, 3.05) is 19.6 Å². The lowest BCUT2D eigenvalue weighted by Crippen LogP contribution is -2.33. The Hall–Kier alpha value is -2.37. The summed E-state index contributed by atoms with van der Waals surface area (Å²) >= 11 is 0. The summed E-state index contributed by atoms with van der Waals surface area (Å²) < 4.78 is 13.4. The van der Waals surface area contributed by atoms with Gasteiger partial charge in [-0.2, -0.15) is 0 Å². The standard InChI is InChI=1S/C18H22FN3O2/c1-2-6-20-18(24)13-8-17(23)22(11-13)7-5-12-10-21-16-4-3-14(19)9-15(12)16/h3-4,9-10,13,21H,2,5-8,11H2,1H3,(H,20,24)/t13-/m0/s1. The molecule has 1 fully saturated rings. The van der Waals surface area contributed by atoms with Crippen LogP contribution in [0, 0.1) is 11.7 Å². The third-order valence-corrected chi connectivity index (χ3v) is 4.52. The third-order valence-electron chi connectivity index (χ3n) is 4.52. The summed E-state index contributed by atoms with van der Waals surface area (Å²) in [6, 6.07) is 4.64. The van der Waals surface area contributed by atoms with Crippen LogP contribution >= 0.6 is 0 Å². The lowest BCUT2D eigenvalue weighted by molar-refractivity contribution is -0.129. The van der Waals surface area contributed by atoms with Gasteiger partial charge in [0.05, 0.1) is 5.92 Å². The van der Waals surface area contributed by atoms with Gasteiger partial charge >= 0.3 is 0 Å². The topological polar surface area (TPSA) is 65.2 Å². The quantitative estimate of drug-likeness (QED) is 0.852. The number of aromatic nitrogens is 1. The molecule has 3 rings (SSSR count). The summed E-state index contributed by atoms with van der Waals surface area (Å²) in [4.78, 5) is 29.0. The number of rotatable bonds is 6. The van der Waals surface area contributed by atoms with Gasteiger partial charge in [0.1, 0.15) is 5.82 Å². The van der Waals surface area contributed by atoms with Crippen molar-refractivity contribution in [3.63, 3.8) is 0 Å². The lowest BCUT2D eigenvalue weighted by atomic mass is 10.1. The number of H-pyrrole nitrogens is 1. The number of benzene rings is 1. The highest BCUT2D eigenvalue weighted by Gasteiger charge is 2.33. The number of aromatic amines is 1. The third kappa shape index (κ3) is 3.42. The number of halogens is 1. The number of hydrogen-bond acceptors (Lipinski definition) is 2. The molecule has 1 aliphatic rings. The van der Waals surface area contributed by atoms with Crippen LogP contribution < -0.4 is 5.32 Å². The first kappa shape index (κ1) is 16.5. The molecule has 1 aromatic carbocycles. The molecule has 0 bridgehead atoms. The molecule has 2 aromatic rings. The SMILES string of the molecule is CCCNC(=O)[C@H]1CC(=O)N(CCc2c[nH]c3ccc(F)cc23)C1. The van der Waals surface area contributed by atoms with Gasteiger partial charge in [-0.25, -0.2) is 4.39 Å². The molecule has 0 radical (unpaired) electrons. The molecule has 2 N–H and O–H groups in total. The molecule has 1 atom stereocenters. The maximum atomic E-state index is 13.4. The zero-order valence-corrected chi connectivity index (χ0v) is 13.8. The van der Waals surface area contributed by atoms with Crippen LogP contribution in [-0.4, -0.2) is 41.3 Å². The van der Waals surface area contributed by atoms with Gasteiger partial charge in [0.25, 0.3) is 0 Å². The van der Waals surface area contributed by atoms with Gasteiger partial charge in [-0.3, -0.25) is 9.59 Å². The van der Waals surface area contributed by atoms with E-state index in [4.69, 9.17) is 0 Å². The molecule has 0 spiro atoms. The number of fused-ring (bicyclic) bond motifs is 1. The molecular formula is C18H22FN3O2. The van der Waals surface area contributed by atoms with Crippen LogP contribution in [0.1, 0.15) is 25.3 Å². The van der Waals surface area contributed by atoms with E-state index in [0.717, 1.165) is 22.9 Å². The van der Waals surface area contributed by atoms with Crippen molar-refractivity contribution in [3.05, 3.63) is 35.8 Å². The second-order valence-electron chi connectivity index (χ2n) is 6.29. The van der Waals surface area contributed by atoms with E-state index >= 15 is 0 Å². The number of carbonyl (C=O) groups excluding carboxylic acids is 2.